The minimum absolute atomic E-state index is 0.0315. The lowest BCUT2D eigenvalue weighted by Gasteiger charge is -2.53. The molecule has 2 aromatic heterocycles. The van der Waals surface area contributed by atoms with Gasteiger partial charge in [0.15, 0.2) is 0 Å². The number of benzene rings is 1. The van der Waals surface area contributed by atoms with Crippen LogP contribution in [-0.2, 0) is 0 Å². The molecule has 3 aromatic rings. The van der Waals surface area contributed by atoms with Gasteiger partial charge < -0.3 is 19.4 Å². The van der Waals surface area contributed by atoms with Crippen molar-refractivity contribution in [3.05, 3.63) is 48.5 Å². The fraction of sp³-hybridized carbons (Fsp3) is 0.409. The maximum atomic E-state index is 13.6. The van der Waals surface area contributed by atoms with Gasteiger partial charge in [-0.3, -0.25) is 4.79 Å². The zero-order valence-corrected chi connectivity index (χ0v) is 18.4. The number of carbonyl (C=O) groups excluding carboxylic acids is 1. The molecule has 0 spiro atoms. The van der Waals surface area contributed by atoms with Crippen molar-refractivity contribution < 1.29 is 9.53 Å². The predicted molar refractivity (Wildman–Crippen MR) is 119 cm³/mol. The van der Waals surface area contributed by atoms with E-state index in [1.54, 1.807) is 31.9 Å². The van der Waals surface area contributed by atoms with Gasteiger partial charge in [-0.15, -0.1) is 0 Å². The maximum absolute atomic E-state index is 13.6. The maximum Gasteiger partial charge on any atom is 0.256 e. The van der Waals surface area contributed by atoms with Gasteiger partial charge in [0.25, 0.3) is 5.91 Å². The molecule has 2 unspecified atom stereocenters. The van der Waals surface area contributed by atoms with E-state index in [0.717, 1.165) is 37.7 Å². The number of fused-ring (bicyclic) bond motifs is 1. The summed E-state index contributed by atoms with van der Waals surface area (Å²) in [6.45, 7) is 2.43. The molecule has 32 heavy (non-hydrogen) atoms. The number of carbonyl (C=O) groups is 1. The highest BCUT2D eigenvalue weighted by molar-refractivity contribution is 5.99. The van der Waals surface area contributed by atoms with Crippen molar-refractivity contribution >= 4 is 17.5 Å². The molecule has 0 aliphatic carbocycles. The smallest absolute Gasteiger partial charge is 0.256 e. The Labute approximate surface area is 186 Å². The van der Waals surface area contributed by atoms with Crippen LogP contribution >= 0.6 is 0 Å². The Morgan fingerprint density at radius 3 is 2.69 bits per heavy atom. The third-order valence-electron chi connectivity index (χ3n) is 6.30. The van der Waals surface area contributed by atoms with Crippen LogP contribution in [-0.4, -0.2) is 82.7 Å². The summed E-state index contributed by atoms with van der Waals surface area (Å²) in [5.41, 5.74) is 1.18. The molecular formula is C22H26N8O2. The number of piperidine rings is 1. The van der Waals surface area contributed by atoms with Crippen molar-refractivity contribution in [1.82, 2.24) is 29.9 Å². The topological polar surface area (TPSA) is 92.5 Å². The van der Waals surface area contributed by atoms with Gasteiger partial charge in [-0.2, -0.15) is 15.0 Å². The number of amides is 1. The summed E-state index contributed by atoms with van der Waals surface area (Å²) >= 11 is 0. The molecule has 1 aromatic carbocycles. The summed E-state index contributed by atoms with van der Waals surface area (Å²) < 4.78 is 5.37. The van der Waals surface area contributed by atoms with Crippen molar-refractivity contribution in [2.24, 2.45) is 5.92 Å². The first-order chi connectivity index (χ1) is 15.5. The SMILES string of the molecule is COc1ccc(-n2nccn2)c(C(=O)N2CC3CCN(c4cc(N(C)C)ncn4)CC32)c1. The molecule has 2 aliphatic heterocycles. The molecule has 2 saturated heterocycles. The van der Waals surface area contributed by atoms with Crippen molar-refractivity contribution in [3.8, 4) is 11.4 Å². The molecule has 0 N–H and O–H groups in total. The van der Waals surface area contributed by atoms with E-state index >= 15 is 0 Å². The Hall–Kier alpha value is -3.69. The number of hydrogen-bond donors (Lipinski definition) is 0. The molecule has 0 saturated carbocycles. The second-order valence-corrected chi connectivity index (χ2v) is 8.35. The van der Waals surface area contributed by atoms with Gasteiger partial charge in [0.05, 0.1) is 36.8 Å². The molecule has 10 heteroatoms. The standard InChI is InChI=1S/C22H26N8O2/c1-27(2)20-11-21(24-14-23-20)28-9-6-15-12-29(19(15)13-28)22(31)17-10-16(32-3)4-5-18(17)30-25-7-8-26-30/h4-5,7-8,10-11,14-15,19H,6,9,12-13H2,1-3H3. The van der Waals surface area contributed by atoms with E-state index in [0.29, 0.717) is 22.9 Å². The van der Waals surface area contributed by atoms with E-state index in [1.807, 2.05) is 42.1 Å². The summed E-state index contributed by atoms with van der Waals surface area (Å²) in [5.74, 6) is 2.86. The van der Waals surface area contributed by atoms with Crippen LogP contribution < -0.4 is 14.5 Å². The summed E-state index contributed by atoms with van der Waals surface area (Å²) in [7, 11) is 5.52. The number of rotatable bonds is 5. The van der Waals surface area contributed by atoms with Gasteiger partial charge in [-0.25, -0.2) is 9.97 Å². The number of anilines is 2. The summed E-state index contributed by atoms with van der Waals surface area (Å²) in [4.78, 5) is 30.0. The van der Waals surface area contributed by atoms with Gasteiger partial charge in [-0.1, -0.05) is 0 Å². The number of methoxy groups -OCH3 is 1. The van der Waals surface area contributed by atoms with E-state index < -0.39 is 0 Å². The van der Waals surface area contributed by atoms with E-state index in [4.69, 9.17) is 4.74 Å². The highest BCUT2D eigenvalue weighted by atomic mass is 16.5. The third-order valence-corrected chi connectivity index (χ3v) is 6.30. The first-order valence-corrected chi connectivity index (χ1v) is 10.6. The molecule has 0 bridgehead atoms. The fourth-order valence-corrected chi connectivity index (χ4v) is 4.48. The predicted octanol–water partition coefficient (Wildman–Crippen LogP) is 1.48. The Balaban J connectivity index is 1.39. The summed E-state index contributed by atoms with van der Waals surface area (Å²) in [6.07, 6.45) is 5.82. The number of aromatic nitrogens is 5. The number of likely N-dealkylation sites (tertiary alicyclic amines) is 1. The van der Waals surface area contributed by atoms with Gasteiger partial charge in [0, 0.05) is 45.7 Å². The Morgan fingerprint density at radius 1 is 1.12 bits per heavy atom. The zero-order chi connectivity index (χ0) is 22.2. The second-order valence-electron chi connectivity index (χ2n) is 8.35. The molecule has 2 fully saturated rings. The monoisotopic (exact) mass is 434 g/mol. The van der Waals surface area contributed by atoms with E-state index in [1.165, 1.54) is 4.80 Å². The average molecular weight is 435 g/mol. The molecular weight excluding hydrogens is 408 g/mol. The fourth-order valence-electron chi connectivity index (χ4n) is 4.48. The molecule has 2 aliphatic rings. The van der Waals surface area contributed by atoms with Crippen molar-refractivity contribution in [1.29, 1.82) is 0 Å². The Kier molecular flexibility index (Phi) is 5.12. The summed E-state index contributed by atoms with van der Waals surface area (Å²) in [6, 6.07) is 7.53. The molecule has 2 atom stereocenters. The highest BCUT2D eigenvalue weighted by Crippen LogP contribution is 2.36. The highest BCUT2D eigenvalue weighted by Gasteiger charge is 2.46. The average Bonchev–Trinajstić information content (AvgIpc) is 3.34. The van der Waals surface area contributed by atoms with Crippen LogP contribution in [0.1, 0.15) is 16.8 Å². The van der Waals surface area contributed by atoms with E-state index in [-0.39, 0.29) is 11.9 Å². The first-order valence-electron chi connectivity index (χ1n) is 10.6. The minimum atomic E-state index is -0.0315. The van der Waals surface area contributed by atoms with Crippen LogP contribution in [0, 0.1) is 5.92 Å². The van der Waals surface area contributed by atoms with E-state index in [9.17, 15) is 4.79 Å². The molecule has 4 heterocycles. The zero-order valence-electron chi connectivity index (χ0n) is 18.4. The molecule has 10 nitrogen and oxygen atoms in total. The van der Waals surface area contributed by atoms with Gasteiger partial charge >= 0.3 is 0 Å². The molecule has 166 valence electrons. The van der Waals surface area contributed by atoms with Gasteiger partial charge in [-0.05, 0) is 24.6 Å². The lowest BCUT2D eigenvalue weighted by Crippen LogP contribution is -2.66. The lowest BCUT2D eigenvalue weighted by molar-refractivity contribution is 0.00775. The van der Waals surface area contributed by atoms with Crippen molar-refractivity contribution in [2.45, 2.75) is 12.5 Å². The Morgan fingerprint density at radius 2 is 1.94 bits per heavy atom. The largest absolute Gasteiger partial charge is 0.497 e. The van der Waals surface area contributed by atoms with Crippen molar-refractivity contribution in [3.63, 3.8) is 0 Å². The second kappa shape index (κ2) is 8.10. The van der Waals surface area contributed by atoms with Crippen LogP contribution in [0.5, 0.6) is 5.75 Å². The van der Waals surface area contributed by atoms with Crippen molar-refractivity contribution in [2.75, 3.05) is 50.6 Å². The van der Waals surface area contributed by atoms with Gasteiger partial charge in [0.1, 0.15) is 23.7 Å². The first kappa shape index (κ1) is 20.2. The molecule has 0 radical (unpaired) electrons. The third kappa shape index (κ3) is 3.51. The van der Waals surface area contributed by atoms with Gasteiger partial charge in [0.2, 0.25) is 0 Å². The van der Waals surface area contributed by atoms with Crippen LogP contribution in [0.15, 0.2) is 43.0 Å². The molecule has 1 amide bonds. The normalized spacial score (nSPS) is 19.8. The Bertz CT molecular complexity index is 1120. The van der Waals surface area contributed by atoms with Crippen LogP contribution in [0.4, 0.5) is 11.6 Å². The quantitative estimate of drug-likeness (QED) is 0.596. The van der Waals surface area contributed by atoms with Crippen LogP contribution in [0.2, 0.25) is 0 Å². The lowest BCUT2D eigenvalue weighted by atomic mass is 9.81. The van der Waals surface area contributed by atoms with Crippen LogP contribution in [0.3, 0.4) is 0 Å². The minimum Gasteiger partial charge on any atom is -0.497 e. The number of ether oxygens (including phenoxy) is 1. The van der Waals surface area contributed by atoms with E-state index in [2.05, 4.69) is 25.1 Å². The summed E-state index contributed by atoms with van der Waals surface area (Å²) in [5, 5.41) is 8.42. The number of nitrogens with zero attached hydrogens (tertiary/aromatic N) is 8. The molecule has 5 rings (SSSR count). The number of hydrogen-bond acceptors (Lipinski definition) is 8. The van der Waals surface area contributed by atoms with Crippen LogP contribution in [0.25, 0.3) is 5.69 Å².